The molecule has 2 heterocycles. The topological polar surface area (TPSA) is 44.8 Å². The number of ketones is 1. The van der Waals surface area contributed by atoms with Gasteiger partial charge in [-0.2, -0.15) is 0 Å². The Labute approximate surface area is 104 Å². The summed E-state index contributed by atoms with van der Waals surface area (Å²) < 4.78 is 17.2. The van der Waals surface area contributed by atoms with Gasteiger partial charge in [0.05, 0.1) is 12.7 Å². The molecule has 2 aliphatic heterocycles. The standard InChI is InChI=1S/C12H22O4Si/c1-12(2,3)17(4,5)16-9-7-15-10-8(13)6-14-11(9)10/h9-11H,6-7H2,1-5H3. The third-order valence-corrected chi connectivity index (χ3v) is 8.60. The maximum Gasteiger partial charge on any atom is 0.192 e. The van der Waals surface area contributed by atoms with Gasteiger partial charge in [0.1, 0.15) is 18.8 Å². The Bertz CT molecular complexity index is 321. The number of fused-ring (bicyclic) bond motifs is 1. The molecular formula is C12H22O4Si. The fourth-order valence-corrected chi connectivity index (χ4v) is 3.28. The molecule has 5 heteroatoms. The minimum Gasteiger partial charge on any atom is -0.409 e. The molecule has 0 radical (unpaired) electrons. The minimum absolute atomic E-state index is 0.0522. The Morgan fingerprint density at radius 1 is 1.29 bits per heavy atom. The Hall–Kier alpha value is -0.233. The Morgan fingerprint density at radius 3 is 2.53 bits per heavy atom. The smallest absolute Gasteiger partial charge is 0.192 e. The first kappa shape index (κ1) is 13.2. The highest BCUT2D eigenvalue weighted by molar-refractivity contribution is 6.74. The molecule has 17 heavy (non-hydrogen) atoms. The predicted octanol–water partition coefficient (Wildman–Crippen LogP) is 1.74. The number of carbonyl (C=O) groups is 1. The van der Waals surface area contributed by atoms with Crippen molar-refractivity contribution in [1.29, 1.82) is 0 Å². The van der Waals surface area contributed by atoms with Crippen molar-refractivity contribution < 1.29 is 18.7 Å². The molecule has 0 aromatic heterocycles. The van der Waals surface area contributed by atoms with E-state index in [1.807, 2.05) is 0 Å². The van der Waals surface area contributed by atoms with Crippen LogP contribution in [0.2, 0.25) is 18.1 Å². The van der Waals surface area contributed by atoms with Crippen molar-refractivity contribution in [3.05, 3.63) is 0 Å². The van der Waals surface area contributed by atoms with Crippen LogP contribution in [-0.2, 0) is 18.7 Å². The average molecular weight is 258 g/mol. The minimum atomic E-state index is -1.82. The average Bonchev–Trinajstić information content (AvgIpc) is 2.70. The molecule has 2 aliphatic rings. The molecule has 0 aromatic carbocycles. The van der Waals surface area contributed by atoms with E-state index in [4.69, 9.17) is 13.9 Å². The van der Waals surface area contributed by atoms with Crippen LogP contribution in [0, 0.1) is 0 Å². The second kappa shape index (κ2) is 4.15. The molecule has 0 spiro atoms. The summed E-state index contributed by atoms with van der Waals surface area (Å²) in [4.78, 5) is 11.5. The van der Waals surface area contributed by atoms with Crippen molar-refractivity contribution in [2.75, 3.05) is 13.2 Å². The van der Waals surface area contributed by atoms with Crippen molar-refractivity contribution in [2.45, 2.75) is 57.2 Å². The van der Waals surface area contributed by atoms with E-state index in [0.717, 1.165) is 0 Å². The largest absolute Gasteiger partial charge is 0.409 e. The van der Waals surface area contributed by atoms with Crippen LogP contribution in [0.15, 0.2) is 0 Å². The van der Waals surface area contributed by atoms with E-state index in [-0.39, 0.29) is 35.7 Å². The highest BCUT2D eigenvalue weighted by atomic mass is 28.4. The number of rotatable bonds is 2. The van der Waals surface area contributed by atoms with Crippen LogP contribution < -0.4 is 0 Å². The van der Waals surface area contributed by atoms with E-state index in [1.165, 1.54) is 0 Å². The quantitative estimate of drug-likeness (QED) is 0.708. The lowest BCUT2D eigenvalue weighted by Crippen LogP contribution is -2.47. The third kappa shape index (κ3) is 2.34. The van der Waals surface area contributed by atoms with Crippen LogP contribution in [0.5, 0.6) is 0 Å². The lowest BCUT2D eigenvalue weighted by Gasteiger charge is -2.38. The Morgan fingerprint density at radius 2 is 1.94 bits per heavy atom. The van der Waals surface area contributed by atoms with Crippen LogP contribution in [0.4, 0.5) is 0 Å². The number of carbonyl (C=O) groups excluding carboxylic acids is 1. The van der Waals surface area contributed by atoms with E-state index >= 15 is 0 Å². The normalized spacial score (nSPS) is 34.2. The van der Waals surface area contributed by atoms with Gasteiger partial charge in [0.2, 0.25) is 0 Å². The van der Waals surface area contributed by atoms with Gasteiger partial charge in [0.15, 0.2) is 14.1 Å². The summed E-state index contributed by atoms with van der Waals surface area (Å²) in [6.07, 6.45) is -0.645. The lowest BCUT2D eigenvalue weighted by atomic mass is 10.1. The molecule has 98 valence electrons. The van der Waals surface area contributed by atoms with Gasteiger partial charge in [-0.1, -0.05) is 20.8 Å². The molecule has 0 bridgehead atoms. The van der Waals surface area contributed by atoms with Crippen LogP contribution in [-0.4, -0.2) is 45.6 Å². The summed E-state index contributed by atoms with van der Waals surface area (Å²) in [7, 11) is -1.82. The molecule has 0 aliphatic carbocycles. The van der Waals surface area contributed by atoms with Crippen molar-refractivity contribution in [3.63, 3.8) is 0 Å². The first-order chi connectivity index (χ1) is 7.72. The zero-order chi connectivity index (χ0) is 12.8. The zero-order valence-corrected chi connectivity index (χ0v) is 12.3. The summed E-state index contributed by atoms with van der Waals surface area (Å²) in [5.74, 6) is 0.0522. The van der Waals surface area contributed by atoms with E-state index in [0.29, 0.717) is 6.61 Å². The highest BCUT2D eigenvalue weighted by Gasteiger charge is 2.50. The fourth-order valence-electron chi connectivity index (χ4n) is 1.97. The predicted molar refractivity (Wildman–Crippen MR) is 66.6 cm³/mol. The van der Waals surface area contributed by atoms with Gasteiger partial charge in [-0.15, -0.1) is 0 Å². The molecule has 3 unspecified atom stereocenters. The van der Waals surface area contributed by atoms with Gasteiger partial charge in [-0.25, -0.2) is 0 Å². The molecular weight excluding hydrogens is 236 g/mol. The van der Waals surface area contributed by atoms with Crippen molar-refractivity contribution >= 4 is 14.1 Å². The first-order valence-corrected chi connectivity index (χ1v) is 9.07. The fraction of sp³-hybridized carbons (Fsp3) is 0.917. The molecule has 2 saturated heterocycles. The van der Waals surface area contributed by atoms with Crippen molar-refractivity contribution in [1.82, 2.24) is 0 Å². The number of hydrogen-bond donors (Lipinski definition) is 0. The van der Waals surface area contributed by atoms with Crippen LogP contribution in [0.25, 0.3) is 0 Å². The summed E-state index contributed by atoms with van der Waals surface area (Å²) in [5, 5.41) is 0.160. The Balaban J connectivity index is 2.04. The summed E-state index contributed by atoms with van der Waals surface area (Å²) in [5.41, 5.74) is 0. The van der Waals surface area contributed by atoms with E-state index in [1.54, 1.807) is 0 Å². The zero-order valence-electron chi connectivity index (χ0n) is 11.3. The highest BCUT2D eigenvalue weighted by Crippen LogP contribution is 2.39. The molecule has 0 N–H and O–H groups in total. The Kier molecular flexibility index (Phi) is 3.23. The van der Waals surface area contributed by atoms with Gasteiger partial charge >= 0.3 is 0 Å². The van der Waals surface area contributed by atoms with E-state index in [2.05, 4.69) is 33.9 Å². The second-order valence-corrected chi connectivity index (χ2v) is 11.2. The molecule has 0 saturated carbocycles. The summed E-state index contributed by atoms with van der Waals surface area (Å²) in [6, 6.07) is 0. The van der Waals surface area contributed by atoms with Crippen LogP contribution in [0.1, 0.15) is 20.8 Å². The summed E-state index contributed by atoms with van der Waals surface area (Å²) >= 11 is 0. The molecule has 0 amide bonds. The van der Waals surface area contributed by atoms with Gasteiger partial charge in [0, 0.05) is 0 Å². The number of ether oxygens (including phenoxy) is 2. The lowest BCUT2D eigenvalue weighted by molar-refractivity contribution is -0.125. The maximum atomic E-state index is 11.5. The van der Waals surface area contributed by atoms with E-state index in [9.17, 15) is 4.79 Å². The second-order valence-electron chi connectivity index (χ2n) is 6.41. The molecule has 2 fully saturated rings. The molecule has 4 nitrogen and oxygen atoms in total. The monoisotopic (exact) mass is 258 g/mol. The van der Waals surface area contributed by atoms with E-state index < -0.39 is 8.32 Å². The van der Waals surface area contributed by atoms with Crippen molar-refractivity contribution in [3.8, 4) is 0 Å². The first-order valence-electron chi connectivity index (χ1n) is 6.16. The number of Topliss-reactive ketones (excluding diaryl/α,β-unsaturated/α-hetero) is 1. The SMILES string of the molecule is CC(C)(C)[Si](C)(C)OC1COC2C(=O)COC12. The van der Waals surface area contributed by atoms with Crippen LogP contribution >= 0.6 is 0 Å². The van der Waals surface area contributed by atoms with Crippen molar-refractivity contribution in [2.24, 2.45) is 0 Å². The number of hydrogen-bond acceptors (Lipinski definition) is 4. The van der Waals surface area contributed by atoms with Gasteiger partial charge in [-0.05, 0) is 18.1 Å². The molecule has 2 rings (SSSR count). The maximum absolute atomic E-state index is 11.5. The van der Waals surface area contributed by atoms with Gasteiger partial charge in [-0.3, -0.25) is 4.79 Å². The summed E-state index contributed by atoms with van der Waals surface area (Å²) in [6.45, 7) is 11.7. The third-order valence-electron chi connectivity index (χ3n) is 4.09. The molecule has 0 aromatic rings. The van der Waals surface area contributed by atoms with Gasteiger partial charge in [0.25, 0.3) is 0 Å². The van der Waals surface area contributed by atoms with Gasteiger partial charge < -0.3 is 13.9 Å². The van der Waals surface area contributed by atoms with Crippen LogP contribution in [0.3, 0.4) is 0 Å². The molecule has 3 atom stereocenters.